The number of urea groups is 1. The molecular weight excluding hydrogens is 276 g/mol. The van der Waals surface area contributed by atoms with Crippen LogP contribution in [-0.2, 0) is 9.84 Å². The van der Waals surface area contributed by atoms with E-state index in [9.17, 15) is 13.2 Å². The quantitative estimate of drug-likeness (QED) is 0.853. The Kier molecular flexibility index (Phi) is 3.77. The maximum atomic E-state index is 11.9. The topological polar surface area (TPSA) is 66.5 Å². The number of anilines is 1. The largest absolute Gasteiger partial charge is 0.322 e. The van der Waals surface area contributed by atoms with E-state index in [0.717, 1.165) is 0 Å². The van der Waals surface area contributed by atoms with Gasteiger partial charge in [-0.1, -0.05) is 17.7 Å². The van der Waals surface area contributed by atoms with E-state index in [1.165, 1.54) is 4.90 Å². The third-order valence-electron chi connectivity index (χ3n) is 2.71. The molecule has 7 heteroatoms. The SMILES string of the molecule is O=C(Nc1cccc(Cl)c1)N1CCS(=O)(=O)CC1. The molecule has 0 saturated carbocycles. The predicted octanol–water partition coefficient (Wildman–Crippen LogP) is 1.60. The van der Waals surface area contributed by atoms with Crippen LogP contribution in [0, 0.1) is 0 Å². The van der Waals surface area contributed by atoms with Gasteiger partial charge in [-0.2, -0.15) is 0 Å². The van der Waals surface area contributed by atoms with Gasteiger partial charge in [-0.15, -0.1) is 0 Å². The van der Waals surface area contributed by atoms with Gasteiger partial charge in [0, 0.05) is 23.8 Å². The van der Waals surface area contributed by atoms with Crippen LogP contribution in [0.5, 0.6) is 0 Å². The molecular formula is C11H13ClN2O3S. The fourth-order valence-electron chi connectivity index (χ4n) is 1.68. The van der Waals surface area contributed by atoms with Crippen LogP contribution in [0.4, 0.5) is 10.5 Å². The molecule has 0 aromatic heterocycles. The first kappa shape index (κ1) is 13.2. The number of halogens is 1. The second-order valence-corrected chi connectivity index (χ2v) is 6.82. The van der Waals surface area contributed by atoms with Crippen LogP contribution < -0.4 is 5.32 Å². The van der Waals surface area contributed by atoms with Crippen molar-refractivity contribution in [1.29, 1.82) is 0 Å². The lowest BCUT2D eigenvalue weighted by molar-refractivity contribution is 0.216. The first-order valence-electron chi connectivity index (χ1n) is 5.48. The zero-order chi connectivity index (χ0) is 13.2. The average Bonchev–Trinajstić information content (AvgIpc) is 2.28. The summed E-state index contributed by atoms with van der Waals surface area (Å²) in [6, 6.07) is 6.51. The summed E-state index contributed by atoms with van der Waals surface area (Å²) < 4.78 is 22.5. The normalized spacial score (nSPS) is 18.4. The third-order valence-corrected chi connectivity index (χ3v) is 4.55. The van der Waals surface area contributed by atoms with Gasteiger partial charge in [0.15, 0.2) is 9.84 Å². The molecule has 0 atom stereocenters. The molecule has 1 aliphatic rings. The molecule has 2 rings (SSSR count). The van der Waals surface area contributed by atoms with Crippen molar-refractivity contribution in [3.05, 3.63) is 29.3 Å². The highest BCUT2D eigenvalue weighted by molar-refractivity contribution is 7.91. The smallest absolute Gasteiger partial charge is 0.321 e. The molecule has 0 unspecified atom stereocenters. The van der Waals surface area contributed by atoms with Crippen LogP contribution >= 0.6 is 11.6 Å². The molecule has 98 valence electrons. The summed E-state index contributed by atoms with van der Waals surface area (Å²) in [6.45, 7) is 0.462. The minimum atomic E-state index is -2.97. The molecule has 0 bridgehead atoms. The molecule has 1 saturated heterocycles. The summed E-state index contributed by atoms with van der Waals surface area (Å²) in [6.07, 6.45) is 0. The van der Waals surface area contributed by atoms with Crippen molar-refractivity contribution in [3.8, 4) is 0 Å². The number of hydrogen-bond acceptors (Lipinski definition) is 3. The van der Waals surface area contributed by atoms with Gasteiger partial charge in [0.2, 0.25) is 0 Å². The number of sulfone groups is 1. The Hall–Kier alpha value is -1.27. The van der Waals surface area contributed by atoms with Gasteiger partial charge in [0.05, 0.1) is 11.5 Å². The fraction of sp³-hybridized carbons (Fsp3) is 0.364. The molecule has 18 heavy (non-hydrogen) atoms. The van der Waals surface area contributed by atoms with Crippen LogP contribution in [0.1, 0.15) is 0 Å². The Morgan fingerprint density at radius 2 is 1.94 bits per heavy atom. The first-order chi connectivity index (χ1) is 8.46. The summed E-state index contributed by atoms with van der Waals surface area (Å²) in [5.41, 5.74) is 0.598. The summed E-state index contributed by atoms with van der Waals surface area (Å²) >= 11 is 5.81. The Balaban J connectivity index is 1.97. The molecule has 1 aliphatic heterocycles. The monoisotopic (exact) mass is 288 g/mol. The molecule has 2 amide bonds. The van der Waals surface area contributed by atoms with Crippen LogP contribution in [0.3, 0.4) is 0 Å². The van der Waals surface area contributed by atoms with E-state index in [2.05, 4.69) is 5.32 Å². The highest BCUT2D eigenvalue weighted by atomic mass is 35.5. The fourth-order valence-corrected chi connectivity index (χ4v) is 3.08. The van der Waals surface area contributed by atoms with Gasteiger partial charge in [0.25, 0.3) is 0 Å². The zero-order valence-corrected chi connectivity index (χ0v) is 11.2. The van der Waals surface area contributed by atoms with E-state index in [-0.39, 0.29) is 30.6 Å². The number of nitrogens with zero attached hydrogens (tertiary/aromatic N) is 1. The maximum Gasteiger partial charge on any atom is 0.321 e. The lowest BCUT2D eigenvalue weighted by Crippen LogP contribution is -2.45. The highest BCUT2D eigenvalue weighted by Gasteiger charge is 2.24. The van der Waals surface area contributed by atoms with Crippen LogP contribution in [0.25, 0.3) is 0 Å². The molecule has 0 aliphatic carbocycles. The Labute approximate surface area is 111 Å². The number of amides is 2. The second kappa shape index (κ2) is 5.16. The van der Waals surface area contributed by atoms with Crippen molar-refractivity contribution >= 4 is 33.2 Å². The van der Waals surface area contributed by atoms with Gasteiger partial charge >= 0.3 is 6.03 Å². The molecule has 1 N–H and O–H groups in total. The van der Waals surface area contributed by atoms with Crippen LogP contribution in [0.2, 0.25) is 5.02 Å². The summed E-state index contributed by atoms with van der Waals surface area (Å²) in [5.74, 6) is 0.0476. The molecule has 0 radical (unpaired) electrons. The molecule has 1 aromatic rings. The van der Waals surface area contributed by atoms with E-state index >= 15 is 0 Å². The third kappa shape index (κ3) is 3.36. The first-order valence-corrected chi connectivity index (χ1v) is 7.68. The number of benzene rings is 1. The number of nitrogens with one attached hydrogen (secondary N) is 1. The highest BCUT2D eigenvalue weighted by Crippen LogP contribution is 2.15. The Bertz CT molecular complexity index is 545. The molecule has 1 fully saturated rings. The summed E-state index contributed by atoms with van der Waals surface area (Å²) in [5, 5.41) is 3.22. The van der Waals surface area contributed by atoms with E-state index in [4.69, 9.17) is 11.6 Å². The average molecular weight is 289 g/mol. The Morgan fingerprint density at radius 1 is 1.28 bits per heavy atom. The van der Waals surface area contributed by atoms with Gasteiger partial charge in [-0.3, -0.25) is 0 Å². The number of carbonyl (C=O) groups excluding carboxylic acids is 1. The van der Waals surface area contributed by atoms with E-state index in [1.54, 1.807) is 24.3 Å². The van der Waals surface area contributed by atoms with Gasteiger partial charge in [-0.05, 0) is 18.2 Å². The van der Waals surface area contributed by atoms with Crippen molar-refractivity contribution in [3.63, 3.8) is 0 Å². The summed E-state index contributed by atoms with van der Waals surface area (Å²) in [7, 11) is -2.97. The number of hydrogen-bond donors (Lipinski definition) is 1. The summed E-state index contributed by atoms with van der Waals surface area (Å²) in [4.78, 5) is 13.4. The number of rotatable bonds is 1. The van der Waals surface area contributed by atoms with Gasteiger partial charge in [-0.25, -0.2) is 13.2 Å². The minimum absolute atomic E-state index is 0.0238. The van der Waals surface area contributed by atoms with Crippen molar-refractivity contribution in [2.45, 2.75) is 0 Å². The van der Waals surface area contributed by atoms with Crippen LogP contribution in [0.15, 0.2) is 24.3 Å². The van der Waals surface area contributed by atoms with E-state index < -0.39 is 9.84 Å². The van der Waals surface area contributed by atoms with Crippen LogP contribution in [-0.4, -0.2) is 43.9 Å². The minimum Gasteiger partial charge on any atom is -0.322 e. The molecule has 1 aromatic carbocycles. The van der Waals surface area contributed by atoms with E-state index in [1.807, 2.05) is 0 Å². The lowest BCUT2D eigenvalue weighted by atomic mass is 10.3. The Morgan fingerprint density at radius 3 is 2.56 bits per heavy atom. The van der Waals surface area contributed by atoms with Crippen molar-refractivity contribution < 1.29 is 13.2 Å². The van der Waals surface area contributed by atoms with Crippen molar-refractivity contribution in [2.75, 3.05) is 29.9 Å². The molecule has 0 spiro atoms. The van der Waals surface area contributed by atoms with Gasteiger partial charge in [0.1, 0.15) is 0 Å². The van der Waals surface area contributed by atoms with Crippen molar-refractivity contribution in [2.24, 2.45) is 0 Å². The second-order valence-electron chi connectivity index (χ2n) is 4.08. The lowest BCUT2D eigenvalue weighted by Gasteiger charge is -2.26. The molecule has 5 nitrogen and oxygen atoms in total. The maximum absolute atomic E-state index is 11.9. The van der Waals surface area contributed by atoms with Crippen molar-refractivity contribution in [1.82, 2.24) is 4.90 Å². The number of carbonyl (C=O) groups is 1. The van der Waals surface area contributed by atoms with Gasteiger partial charge < -0.3 is 10.2 Å². The predicted molar refractivity (Wildman–Crippen MR) is 70.7 cm³/mol. The zero-order valence-electron chi connectivity index (χ0n) is 9.60. The van der Waals surface area contributed by atoms with E-state index in [0.29, 0.717) is 10.7 Å². The molecule has 1 heterocycles. The standard InChI is InChI=1S/C11H13ClN2O3S/c12-9-2-1-3-10(8-9)13-11(15)14-4-6-18(16,17)7-5-14/h1-3,8H,4-7H2,(H,13,15).